The van der Waals surface area contributed by atoms with Crippen LogP contribution in [0.15, 0.2) is 36.5 Å². The first-order chi connectivity index (χ1) is 7.42. The Morgan fingerprint density at radius 2 is 2.00 bits per heavy atom. The van der Waals surface area contributed by atoms with Crippen LogP contribution in [0.2, 0.25) is 0 Å². The highest BCUT2D eigenvalue weighted by atomic mass is 15.4. The van der Waals surface area contributed by atoms with Gasteiger partial charge in [-0.2, -0.15) is 0 Å². The lowest BCUT2D eigenvalue weighted by Crippen LogP contribution is -2.01. The second-order valence-corrected chi connectivity index (χ2v) is 3.58. The second kappa shape index (κ2) is 4.73. The van der Waals surface area contributed by atoms with E-state index in [-0.39, 0.29) is 0 Å². The van der Waals surface area contributed by atoms with E-state index in [0.717, 1.165) is 12.1 Å². The van der Waals surface area contributed by atoms with Gasteiger partial charge in [-0.05, 0) is 25.0 Å². The molecule has 2 aromatic rings. The number of hydrogen-bond donors (Lipinski definition) is 0. The Kier molecular flexibility index (Phi) is 3.12. The zero-order valence-corrected chi connectivity index (χ0v) is 8.93. The van der Waals surface area contributed by atoms with E-state index in [4.69, 9.17) is 0 Å². The van der Waals surface area contributed by atoms with Crippen LogP contribution < -0.4 is 0 Å². The van der Waals surface area contributed by atoms with Gasteiger partial charge in [0, 0.05) is 0 Å². The molecule has 0 saturated heterocycles. The predicted molar refractivity (Wildman–Crippen MR) is 60.0 cm³/mol. The molecule has 2 rings (SSSR count). The number of unbranched alkanes of at least 4 members (excludes halogenated alkanes) is 1. The van der Waals surface area contributed by atoms with Crippen molar-refractivity contribution in [3.8, 4) is 5.69 Å². The molecule has 0 aliphatic carbocycles. The van der Waals surface area contributed by atoms with E-state index < -0.39 is 0 Å². The Labute approximate surface area is 89.7 Å². The third-order valence-corrected chi connectivity index (χ3v) is 2.41. The van der Waals surface area contributed by atoms with Gasteiger partial charge in [0.05, 0.1) is 17.6 Å². The zero-order chi connectivity index (χ0) is 10.5. The average Bonchev–Trinajstić information content (AvgIpc) is 2.75. The number of para-hydroxylation sites is 1. The molecule has 0 spiro atoms. The van der Waals surface area contributed by atoms with E-state index in [1.165, 1.54) is 18.5 Å². The van der Waals surface area contributed by atoms with E-state index in [2.05, 4.69) is 17.2 Å². The summed E-state index contributed by atoms with van der Waals surface area (Å²) in [4.78, 5) is 0. The summed E-state index contributed by atoms with van der Waals surface area (Å²) in [7, 11) is 0. The zero-order valence-electron chi connectivity index (χ0n) is 8.93. The Bertz CT molecular complexity index is 406. The van der Waals surface area contributed by atoms with E-state index in [1.807, 2.05) is 41.2 Å². The molecule has 3 nitrogen and oxygen atoms in total. The largest absolute Gasteiger partial charge is 0.218 e. The number of aromatic nitrogens is 3. The summed E-state index contributed by atoms with van der Waals surface area (Å²) in [6, 6.07) is 10.1. The van der Waals surface area contributed by atoms with Crippen LogP contribution in [0.1, 0.15) is 25.5 Å². The molecule has 1 aromatic heterocycles. The summed E-state index contributed by atoms with van der Waals surface area (Å²) in [5.74, 6) is 0. The quantitative estimate of drug-likeness (QED) is 0.761. The summed E-state index contributed by atoms with van der Waals surface area (Å²) in [5, 5.41) is 8.07. The van der Waals surface area contributed by atoms with Crippen LogP contribution in [0.5, 0.6) is 0 Å². The topological polar surface area (TPSA) is 30.7 Å². The molecule has 0 bridgehead atoms. The van der Waals surface area contributed by atoms with Crippen molar-refractivity contribution in [1.29, 1.82) is 0 Å². The first-order valence-corrected chi connectivity index (χ1v) is 5.37. The molecule has 3 heteroatoms. The molecule has 0 amide bonds. The van der Waals surface area contributed by atoms with Gasteiger partial charge in [0.1, 0.15) is 0 Å². The highest BCUT2D eigenvalue weighted by Crippen LogP contribution is 2.10. The summed E-state index contributed by atoms with van der Waals surface area (Å²) >= 11 is 0. The van der Waals surface area contributed by atoms with Crippen LogP contribution in [0.3, 0.4) is 0 Å². The highest BCUT2D eigenvalue weighted by molar-refractivity contribution is 5.31. The summed E-state index contributed by atoms with van der Waals surface area (Å²) < 4.78 is 1.91. The number of aryl methyl sites for hydroxylation is 1. The minimum atomic E-state index is 1.04. The van der Waals surface area contributed by atoms with Crippen molar-refractivity contribution in [1.82, 2.24) is 15.0 Å². The van der Waals surface area contributed by atoms with Crippen LogP contribution in [-0.4, -0.2) is 15.0 Å². The molecular weight excluding hydrogens is 186 g/mol. The van der Waals surface area contributed by atoms with Crippen LogP contribution in [0.25, 0.3) is 5.69 Å². The molecule has 1 heterocycles. The van der Waals surface area contributed by atoms with E-state index in [1.54, 1.807) is 0 Å². The predicted octanol–water partition coefficient (Wildman–Crippen LogP) is 2.61. The van der Waals surface area contributed by atoms with Gasteiger partial charge >= 0.3 is 0 Å². The number of rotatable bonds is 4. The minimum Gasteiger partial charge on any atom is -0.218 e. The Balaban J connectivity index is 2.25. The van der Waals surface area contributed by atoms with Gasteiger partial charge in [-0.1, -0.05) is 36.8 Å². The van der Waals surface area contributed by atoms with Crippen molar-refractivity contribution in [3.05, 3.63) is 42.2 Å². The Morgan fingerprint density at radius 1 is 1.20 bits per heavy atom. The monoisotopic (exact) mass is 201 g/mol. The molecule has 0 aliphatic rings. The van der Waals surface area contributed by atoms with E-state index in [9.17, 15) is 0 Å². The molecule has 0 aliphatic heterocycles. The van der Waals surface area contributed by atoms with Crippen LogP contribution in [0, 0.1) is 0 Å². The van der Waals surface area contributed by atoms with Crippen LogP contribution in [-0.2, 0) is 6.42 Å². The van der Waals surface area contributed by atoms with Gasteiger partial charge in [-0.15, -0.1) is 5.10 Å². The smallest absolute Gasteiger partial charge is 0.0729 e. The average molecular weight is 201 g/mol. The second-order valence-electron chi connectivity index (χ2n) is 3.58. The SMILES string of the molecule is CCCCc1cnnn1-c1ccccc1. The lowest BCUT2D eigenvalue weighted by Gasteiger charge is -2.04. The van der Waals surface area contributed by atoms with Crippen LogP contribution in [0.4, 0.5) is 0 Å². The summed E-state index contributed by atoms with van der Waals surface area (Å²) in [5.41, 5.74) is 2.27. The van der Waals surface area contributed by atoms with E-state index in [0.29, 0.717) is 0 Å². The van der Waals surface area contributed by atoms with Crippen molar-refractivity contribution in [2.24, 2.45) is 0 Å². The van der Waals surface area contributed by atoms with Gasteiger partial charge in [0.15, 0.2) is 0 Å². The molecule has 0 unspecified atom stereocenters. The molecule has 1 aromatic carbocycles. The van der Waals surface area contributed by atoms with Gasteiger partial charge < -0.3 is 0 Å². The normalized spacial score (nSPS) is 10.5. The van der Waals surface area contributed by atoms with Crippen molar-refractivity contribution in [2.75, 3.05) is 0 Å². The lowest BCUT2D eigenvalue weighted by molar-refractivity contribution is 0.715. The van der Waals surface area contributed by atoms with Crippen LogP contribution >= 0.6 is 0 Å². The maximum absolute atomic E-state index is 4.11. The minimum absolute atomic E-state index is 1.04. The molecule has 78 valence electrons. The first-order valence-electron chi connectivity index (χ1n) is 5.37. The number of nitrogens with zero attached hydrogens (tertiary/aromatic N) is 3. The molecule has 0 saturated carbocycles. The fourth-order valence-corrected chi connectivity index (χ4v) is 1.57. The third-order valence-electron chi connectivity index (χ3n) is 2.41. The Hall–Kier alpha value is -1.64. The first kappa shape index (κ1) is 9.90. The van der Waals surface area contributed by atoms with Crippen molar-refractivity contribution in [3.63, 3.8) is 0 Å². The van der Waals surface area contributed by atoms with Gasteiger partial charge in [0.25, 0.3) is 0 Å². The molecular formula is C12H15N3. The maximum Gasteiger partial charge on any atom is 0.0729 e. The van der Waals surface area contributed by atoms with Crippen molar-refractivity contribution < 1.29 is 0 Å². The number of hydrogen-bond acceptors (Lipinski definition) is 2. The van der Waals surface area contributed by atoms with Gasteiger partial charge in [0.2, 0.25) is 0 Å². The molecule has 0 radical (unpaired) electrons. The number of benzene rings is 1. The highest BCUT2D eigenvalue weighted by Gasteiger charge is 2.04. The van der Waals surface area contributed by atoms with Gasteiger partial charge in [-0.3, -0.25) is 0 Å². The maximum atomic E-state index is 4.11. The molecule has 0 N–H and O–H groups in total. The molecule has 15 heavy (non-hydrogen) atoms. The van der Waals surface area contributed by atoms with Gasteiger partial charge in [-0.25, -0.2) is 4.68 Å². The van der Waals surface area contributed by atoms with E-state index >= 15 is 0 Å². The molecule has 0 atom stereocenters. The Morgan fingerprint density at radius 3 is 2.73 bits per heavy atom. The molecule has 0 fully saturated rings. The lowest BCUT2D eigenvalue weighted by atomic mass is 10.2. The van der Waals surface area contributed by atoms with Crippen molar-refractivity contribution >= 4 is 0 Å². The fraction of sp³-hybridized carbons (Fsp3) is 0.333. The standard InChI is InChI=1S/C12H15N3/c1-2-3-7-12-10-13-14-15(12)11-8-5-4-6-9-11/h4-6,8-10H,2-3,7H2,1H3. The van der Waals surface area contributed by atoms with Crippen molar-refractivity contribution in [2.45, 2.75) is 26.2 Å². The summed E-state index contributed by atoms with van der Waals surface area (Å²) in [6.07, 6.45) is 5.27. The summed E-state index contributed by atoms with van der Waals surface area (Å²) in [6.45, 7) is 2.19. The third kappa shape index (κ3) is 2.24. The fourth-order valence-electron chi connectivity index (χ4n) is 1.57.